The zero-order valence-corrected chi connectivity index (χ0v) is 8.45. The number of nitrogens with zero attached hydrogens (tertiary/aromatic N) is 1. The van der Waals surface area contributed by atoms with Crippen molar-refractivity contribution in [1.29, 1.82) is 0 Å². The molecule has 1 aliphatic rings. The van der Waals surface area contributed by atoms with E-state index in [2.05, 4.69) is 5.32 Å². The fourth-order valence-corrected chi connectivity index (χ4v) is 1.56. The first-order valence-electron chi connectivity index (χ1n) is 4.87. The first-order chi connectivity index (χ1) is 6.65. The number of hydrogen-bond donors (Lipinski definition) is 2. The maximum absolute atomic E-state index is 11.7. The number of nitrogens with two attached hydrogens (primary N) is 1. The predicted molar refractivity (Wildman–Crippen MR) is 52.4 cm³/mol. The Morgan fingerprint density at radius 2 is 2.43 bits per heavy atom. The lowest BCUT2D eigenvalue weighted by atomic mass is 9.98. The molecule has 0 spiro atoms. The molecule has 80 valence electrons. The second kappa shape index (κ2) is 4.95. The third kappa shape index (κ3) is 2.70. The van der Waals surface area contributed by atoms with Gasteiger partial charge in [0, 0.05) is 33.1 Å². The highest BCUT2D eigenvalue weighted by atomic mass is 16.2. The summed E-state index contributed by atoms with van der Waals surface area (Å²) in [6.07, 6.45) is 1.10. The molecule has 0 aromatic heterocycles. The van der Waals surface area contributed by atoms with Gasteiger partial charge in [0.2, 0.25) is 11.8 Å². The highest BCUT2D eigenvalue weighted by Crippen LogP contribution is 2.12. The molecule has 3 N–H and O–H groups in total. The van der Waals surface area contributed by atoms with Crippen LogP contribution in [0, 0.1) is 5.92 Å². The summed E-state index contributed by atoms with van der Waals surface area (Å²) >= 11 is 0. The van der Waals surface area contributed by atoms with Gasteiger partial charge in [0.25, 0.3) is 0 Å². The zero-order valence-electron chi connectivity index (χ0n) is 8.45. The molecule has 14 heavy (non-hydrogen) atoms. The molecule has 0 aromatic rings. The van der Waals surface area contributed by atoms with Crippen LogP contribution in [0.25, 0.3) is 0 Å². The van der Waals surface area contributed by atoms with Crippen molar-refractivity contribution < 1.29 is 9.59 Å². The Kier molecular flexibility index (Phi) is 3.88. The van der Waals surface area contributed by atoms with Gasteiger partial charge in [-0.2, -0.15) is 0 Å². The summed E-state index contributed by atoms with van der Waals surface area (Å²) in [5, 5.41) is 2.69. The SMILES string of the molecule is CN(CCN)C(=O)C1CCC(=O)NC1. The fraction of sp³-hybridized carbons (Fsp3) is 0.778. The molecule has 0 saturated carbocycles. The van der Waals surface area contributed by atoms with E-state index in [-0.39, 0.29) is 17.7 Å². The minimum atomic E-state index is -0.0655. The number of carbonyl (C=O) groups excluding carboxylic acids is 2. The second-order valence-corrected chi connectivity index (χ2v) is 3.59. The van der Waals surface area contributed by atoms with E-state index >= 15 is 0 Å². The number of rotatable bonds is 3. The average Bonchev–Trinajstić information content (AvgIpc) is 2.18. The molecular weight excluding hydrogens is 182 g/mol. The van der Waals surface area contributed by atoms with Crippen molar-refractivity contribution in [2.45, 2.75) is 12.8 Å². The Morgan fingerprint density at radius 3 is 2.93 bits per heavy atom. The Bertz CT molecular complexity index is 220. The average molecular weight is 199 g/mol. The van der Waals surface area contributed by atoms with Gasteiger partial charge in [-0.1, -0.05) is 0 Å². The van der Waals surface area contributed by atoms with Gasteiger partial charge in [0.05, 0.1) is 5.92 Å². The summed E-state index contributed by atoms with van der Waals surface area (Å²) < 4.78 is 0. The fourth-order valence-electron chi connectivity index (χ4n) is 1.56. The van der Waals surface area contributed by atoms with E-state index in [0.717, 1.165) is 0 Å². The smallest absolute Gasteiger partial charge is 0.227 e. The van der Waals surface area contributed by atoms with E-state index in [1.807, 2.05) is 0 Å². The topological polar surface area (TPSA) is 75.4 Å². The minimum Gasteiger partial charge on any atom is -0.355 e. The van der Waals surface area contributed by atoms with Crippen LogP contribution in [0.2, 0.25) is 0 Å². The standard InChI is InChI=1S/C9H17N3O2/c1-12(5-4-10)9(14)7-2-3-8(13)11-6-7/h7H,2-6,10H2,1H3,(H,11,13). The minimum absolute atomic E-state index is 0.0375. The van der Waals surface area contributed by atoms with Gasteiger partial charge in [0.15, 0.2) is 0 Å². The maximum atomic E-state index is 11.7. The van der Waals surface area contributed by atoms with E-state index < -0.39 is 0 Å². The number of carbonyl (C=O) groups is 2. The Labute approximate surface area is 83.6 Å². The Balaban J connectivity index is 2.41. The number of piperidine rings is 1. The van der Waals surface area contributed by atoms with Crippen molar-refractivity contribution in [2.24, 2.45) is 11.7 Å². The molecule has 1 heterocycles. The third-order valence-corrected chi connectivity index (χ3v) is 2.46. The lowest BCUT2D eigenvalue weighted by Crippen LogP contribution is -2.44. The van der Waals surface area contributed by atoms with Crippen LogP contribution in [-0.4, -0.2) is 43.4 Å². The summed E-state index contributed by atoms with van der Waals surface area (Å²) in [5.74, 6) is 0.0511. The van der Waals surface area contributed by atoms with Crippen LogP contribution in [0.5, 0.6) is 0 Å². The number of likely N-dealkylation sites (N-methyl/N-ethyl adjacent to an activating group) is 1. The first kappa shape index (κ1) is 11.0. The Hall–Kier alpha value is -1.10. The van der Waals surface area contributed by atoms with Gasteiger partial charge in [0.1, 0.15) is 0 Å². The van der Waals surface area contributed by atoms with Crippen LogP contribution in [-0.2, 0) is 9.59 Å². The lowest BCUT2D eigenvalue weighted by Gasteiger charge is -2.26. The molecule has 1 unspecified atom stereocenters. The monoisotopic (exact) mass is 199 g/mol. The van der Waals surface area contributed by atoms with Crippen LogP contribution >= 0.6 is 0 Å². The molecule has 1 saturated heterocycles. The molecule has 1 fully saturated rings. The lowest BCUT2D eigenvalue weighted by molar-refractivity contribution is -0.136. The molecule has 2 amide bonds. The summed E-state index contributed by atoms with van der Waals surface area (Å²) in [7, 11) is 1.74. The molecule has 0 radical (unpaired) electrons. The van der Waals surface area contributed by atoms with Crippen molar-refractivity contribution in [3.63, 3.8) is 0 Å². The van der Waals surface area contributed by atoms with Crippen molar-refractivity contribution in [2.75, 3.05) is 26.7 Å². The maximum Gasteiger partial charge on any atom is 0.227 e. The van der Waals surface area contributed by atoms with Crippen molar-refractivity contribution in [3.8, 4) is 0 Å². The van der Waals surface area contributed by atoms with E-state index in [0.29, 0.717) is 32.5 Å². The molecule has 5 heteroatoms. The van der Waals surface area contributed by atoms with E-state index in [4.69, 9.17) is 5.73 Å². The van der Waals surface area contributed by atoms with Crippen LogP contribution in [0.15, 0.2) is 0 Å². The van der Waals surface area contributed by atoms with E-state index in [1.54, 1.807) is 11.9 Å². The van der Waals surface area contributed by atoms with Crippen LogP contribution in [0.3, 0.4) is 0 Å². The number of hydrogen-bond acceptors (Lipinski definition) is 3. The molecule has 0 bridgehead atoms. The highest BCUT2D eigenvalue weighted by Gasteiger charge is 2.26. The molecule has 1 aliphatic heterocycles. The van der Waals surface area contributed by atoms with Crippen LogP contribution < -0.4 is 11.1 Å². The van der Waals surface area contributed by atoms with Crippen molar-refractivity contribution in [1.82, 2.24) is 10.2 Å². The summed E-state index contributed by atoms with van der Waals surface area (Å²) in [4.78, 5) is 24.2. The van der Waals surface area contributed by atoms with Gasteiger partial charge < -0.3 is 16.0 Å². The van der Waals surface area contributed by atoms with E-state index in [9.17, 15) is 9.59 Å². The van der Waals surface area contributed by atoms with Gasteiger partial charge in [-0.05, 0) is 6.42 Å². The van der Waals surface area contributed by atoms with E-state index in [1.165, 1.54) is 0 Å². The predicted octanol–water partition coefficient (Wildman–Crippen LogP) is -1.07. The molecular formula is C9H17N3O2. The Morgan fingerprint density at radius 1 is 1.71 bits per heavy atom. The summed E-state index contributed by atoms with van der Waals surface area (Å²) in [6, 6.07) is 0. The molecule has 0 aromatic carbocycles. The normalized spacial score (nSPS) is 21.6. The summed E-state index contributed by atoms with van der Waals surface area (Å²) in [6.45, 7) is 1.51. The number of nitrogens with one attached hydrogen (secondary N) is 1. The first-order valence-corrected chi connectivity index (χ1v) is 4.87. The molecule has 0 aliphatic carbocycles. The zero-order chi connectivity index (χ0) is 10.6. The molecule has 5 nitrogen and oxygen atoms in total. The van der Waals surface area contributed by atoms with Gasteiger partial charge in [-0.3, -0.25) is 9.59 Å². The van der Waals surface area contributed by atoms with Crippen LogP contribution in [0.1, 0.15) is 12.8 Å². The summed E-state index contributed by atoms with van der Waals surface area (Å²) in [5.41, 5.74) is 5.36. The van der Waals surface area contributed by atoms with Gasteiger partial charge in [-0.25, -0.2) is 0 Å². The highest BCUT2D eigenvalue weighted by molar-refractivity contribution is 5.83. The molecule has 1 atom stereocenters. The second-order valence-electron chi connectivity index (χ2n) is 3.59. The quantitative estimate of drug-likeness (QED) is 0.607. The molecule has 1 rings (SSSR count). The van der Waals surface area contributed by atoms with Gasteiger partial charge in [-0.15, -0.1) is 0 Å². The van der Waals surface area contributed by atoms with Crippen molar-refractivity contribution >= 4 is 11.8 Å². The van der Waals surface area contributed by atoms with Crippen molar-refractivity contribution in [3.05, 3.63) is 0 Å². The van der Waals surface area contributed by atoms with Crippen LogP contribution in [0.4, 0.5) is 0 Å². The largest absolute Gasteiger partial charge is 0.355 e. The van der Waals surface area contributed by atoms with Gasteiger partial charge >= 0.3 is 0 Å². The third-order valence-electron chi connectivity index (χ3n) is 2.46. The number of amides is 2.